The molecule has 1 amide bonds. The first-order valence-electron chi connectivity index (χ1n) is 11.3. The van der Waals surface area contributed by atoms with Crippen LogP contribution in [0.15, 0.2) is 81.6 Å². The number of furan rings is 1. The summed E-state index contributed by atoms with van der Waals surface area (Å²) in [6.07, 6.45) is 2.19. The van der Waals surface area contributed by atoms with Gasteiger partial charge in [-0.1, -0.05) is 23.9 Å². The summed E-state index contributed by atoms with van der Waals surface area (Å²) in [4.78, 5) is 18.2. The number of hydrogen-bond donors (Lipinski definition) is 0. The molecule has 1 aliphatic rings. The van der Waals surface area contributed by atoms with Crippen molar-refractivity contribution >= 4 is 34.4 Å². The minimum Gasteiger partial charge on any atom is -0.497 e. The lowest BCUT2D eigenvalue weighted by atomic mass is 10.0. The highest BCUT2D eigenvalue weighted by atomic mass is 32.2. The Balaban J connectivity index is 1.38. The number of ether oxygens (including phenoxy) is 2. The molecule has 35 heavy (non-hydrogen) atoms. The second kappa shape index (κ2) is 10.4. The molecule has 0 radical (unpaired) electrons. The van der Waals surface area contributed by atoms with Crippen molar-refractivity contribution in [2.45, 2.75) is 24.2 Å². The van der Waals surface area contributed by atoms with Crippen molar-refractivity contribution in [1.29, 1.82) is 0 Å². The van der Waals surface area contributed by atoms with Gasteiger partial charge in [-0.05, 0) is 54.1 Å². The number of thioether (sulfide) groups is 1. The van der Waals surface area contributed by atoms with Crippen LogP contribution in [0.1, 0.15) is 23.8 Å². The third-order valence-corrected chi connectivity index (χ3v) is 6.89. The number of aromatic nitrogens is 2. The van der Waals surface area contributed by atoms with E-state index in [0.29, 0.717) is 25.3 Å². The van der Waals surface area contributed by atoms with E-state index in [2.05, 4.69) is 4.57 Å². The van der Waals surface area contributed by atoms with Crippen LogP contribution in [-0.4, -0.2) is 52.8 Å². The molecule has 0 spiro atoms. The van der Waals surface area contributed by atoms with E-state index in [1.807, 2.05) is 60.7 Å². The largest absolute Gasteiger partial charge is 0.497 e. The molecule has 0 saturated heterocycles. The molecule has 3 heterocycles. The molecule has 4 aromatic rings. The van der Waals surface area contributed by atoms with Gasteiger partial charge in [0, 0.05) is 20.1 Å². The minimum absolute atomic E-state index is 0.106. The monoisotopic (exact) mass is 490 g/mol. The van der Waals surface area contributed by atoms with Gasteiger partial charge in [0.1, 0.15) is 17.6 Å². The van der Waals surface area contributed by atoms with E-state index in [1.54, 1.807) is 25.5 Å². The molecule has 0 fully saturated rings. The smallest absolute Gasteiger partial charge is 0.253 e. The Morgan fingerprint density at radius 1 is 1.11 bits per heavy atom. The Kier molecular flexibility index (Phi) is 6.87. The van der Waals surface area contributed by atoms with Crippen molar-refractivity contribution in [2.75, 3.05) is 26.6 Å². The number of carbonyl (C=O) groups excluding carboxylic acids is 1. The SMILES string of the molecule is COCCn1c(SCC(=O)N2N=C(c3ccc(OC)cc3)C[C@@H]2c2ccco2)nc2ccccc21. The van der Waals surface area contributed by atoms with Crippen molar-refractivity contribution in [3.05, 3.63) is 78.3 Å². The first kappa shape index (κ1) is 23.2. The van der Waals surface area contributed by atoms with Gasteiger partial charge in [0.15, 0.2) is 5.16 Å². The van der Waals surface area contributed by atoms with Crippen LogP contribution in [0.5, 0.6) is 5.75 Å². The molecule has 180 valence electrons. The Bertz CT molecular complexity index is 1330. The molecule has 0 saturated carbocycles. The molecular weight excluding hydrogens is 464 g/mol. The average Bonchev–Trinajstić information content (AvgIpc) is 3.64. The van der Waals surface area contributed by atoms with Crippen molar-refractivity contribution in [1.82, 2.24) is 14.6 Å². The summed E-state index contributed by atoms with van der Waals surface area (Å²) in [5.74, 6) is 1.58. The van der Waals surface area contributed by atoms with Crippen LogP contribution in [0.4, 0.5) is 0 Å². The topological polar surface area (TPSA) is 82.1 Å². The van der Waals surface area contributed by atoms with E-state index in [4.69, 9.17) is 24.0 Å². The lowest BCUT2D eigenvalue weighted by Crippen LogP contribution is -2.28. The predicted octanol–water partition coefficient (Wildman–Crippen LogP) is 4.75. The fraction of sp³-hybridized carbons (Fsp3) is 0.269. The standard InChI is InChI=1S/C26H26N4O4S/c1-32-15-13-29-22-7-4-3-6-20(22)27-26(29)35-17-25(31)30-23(24-8-5-14-34-24)16-21(28-30)18-9-11-19(33-2)12-10-18/h3-12,14,23H,13,15-17H2,1-2H3/t23-/m1/s1. The second-order valence-corrected chi connectivity index (χ2v) is 9.01. The predicted molar refractivity (Wildman–Crippen MR) is 135 cm³/mol. The van der Waals surface area contributed by atoms with E-state index < -0.39 is 0 Å². The molecule has 5 rings (SSSR count). The van der Waals surface area contributed by atoms with Gasteiger partial charge in [0.05, 0.1) is 42.5 Å². The van der Waals surface area contributed by atoms with Gasteiger partial charge in [-0.3, -0.25) is 4.79 Å². The highest BCUT2D eigenvalue weighted by Crippen LogP contribution is 2.34. The zero-order valence-electron chi connectivity index (χ0n) is 19.6. The highest BCUT2D eigenvalue weighted by molar-refractivity contribution is 7.99. The maximum Gasteiger partial charge on any atom is 0.253 e. The molecular formula is C26H26N4O4S. The summed E-state index contributed by atoms with van der Waals surface area (Å²) < 4.78 is 18.3. The molecule has 8 nitrogen and oxygen atoms in total. The number of carbonyl (C=O) groups is 1. The summed E-state index contributed by atoms with van der Waals surface area (Å²) in [5, 5.41) is 7.05. The Morgan fingerprint density at radius 2 is 1.94 bits per heavy atom. The number of hydrogen-bond acceptors (Lipinski definition) is 7. The van der Waals surface area contributed by atoms with Crippen molar-refractivity contribution < 1.29 is 18.7 Å². The van der Waals surface area contributed by atoms with E-state index >= 15 is 0 Å². The number of benzene rings is 2. The third kappa shape index (κ3) is 4.82. The first-order valence-corrected chi connectivity index (χ1v) is 12.3. The van der Waals surface area contributed by atoms with Gasteiger partial charge in [-0.25, -0.2) is 9.99 Å². The van der Waals surface area contributed by atoms with Gasteiger partial charge >= 0.3 is 0 Å². The number of amides is 1. The van der Waals surface area contributed by atoms with E-state index in [9.17, 15) is 4.79 Å². The fourth-order valence-corrected chi connectivity index (χ4v) is 5.05. The average molecular weight is 491 g/mol. The van der Waals surface area contributed by atoms with Crippen LogP contribution in [-0.2, 0) is 16.1 Å². The van der Waals surface area contributed by atoms with Crippen molar-refractivity contribution in [3.63, 3.8) is 0 Å². The molecule has 0 unspecified atom stereocenters. The van der Waals surface area contributed by atoms with Gasteiger partial charge in [0.2, 0.25) is 0 Å². The lowest BCUT2D eigenvalue weighted by Gasteiger charge is -2.19. The number of rotatable bonds is 9. The molecule has 1 aliphatic heterocycles. The van der Waals surface area contributed by atoms with Crippen LogP contribution >= 0.6 is 11.8 Å². The highest BCUT2D eigenvalue weighted by Gasteiger charge is 2.35. The van der Waals surface area contributed by atoms with Gasteiger partial charge in [0.25, 0.3) is 5.91 Å². The van der Waals surface area contributed by atoms with Gasteiger partial charge in [-0.15, -0.1) is 0 Å². The Hall–Kier alpha value is -3.56. The first-order chi connectivity index (χ1) is 17.2. The van der Waals surface area contributed by atoms with Crippen LogP contribution in [0, 0.1) is 0 Å². The number of nitrogens with zero attached hydrogens (tertiary/aromatic N) is 4. The maximum absolute atomic E-state index is 13.4. The number of methoxy groups -OCH3 is 2. The van der Waals surface area contributed by atoms with Gasteiger partial charge < -0.3 is 18.5 Å². The zero-order chi connectivity index (χ0) is 24.2. The summed E-state index contributed by atoms with van der Waals surface area (Å²) in [6, 6.07) is 19.1. The molecule has 0 N–H and O–H groups in total. The molecule has 2 aromatic heterocycles. The minimum atomic E-state index is -0.289. The summed E-state index contributed by atoms with van der Waals surface area (Å²) >= 11 is 1.41. The molecule has 0 aliphatic carbocycles. The van der Waals surface area contributed by atoms with Crippen LogP contribution in [0.3, 0.4) is 0 Å². The molecule has 1 atom stereocenters. The van der Waals surface area contributed by atoms with Crippen LogP contribution in [0.25, 0.3) is 11.0 Å². The molecule has 2 aromatic carbocycles. The third-order valence-electron chi connectivity index (χ3n) is 5.92. The maximum atomic E-state index is 13.4. The van der Waals surface area contributed by atoms with Crippen LogP contribution in [0.2, 0.25) is 0 Å². The number of fused-ring (bicyclic) bond motifs is 1. The number of para-hydroxylation sites is 2. The van der Waals surface area contributed by atoms with Crippen molar-refractivity contribution in [3.8, 4) is 5.75 Å². The summed E-state index contributed by atoms with van der Waals surface area (Å²) in [7, 11) is 3.31. The molecule has 9 heteroatoms. The van der Waals surface area contributed by atoms with Crippen molar-refractivity contribution in [2.24, 2.45) is 5.10 Å². The van der Waals surface area contributed by atoms with Gasteiger partial charge in [-0.2, -0.15) is 5.10 Å². The number of hydrazone groups is 1. The number of imidazole rings is 1. The quantitative estimate of drug-likeness (QED) is 0.315. The van der Waals surface area contributed by atoms with E-state index in [0.717, 1.165) is 33.2 Å². The normalized spacial score (nSPS) is 15.5. The molecule has 0 bridgehead atoms. The fourth-order valence-electron chi connectivity index (χ4n) is 4.16. The summed E-state index contributed by atoms with van der Waals surface area (Å²) in [5.41, 5.74) is 3.70. The van der Waals surface area contributed by atoms with E-state index in [-0.39, 0.29) is 17.7 Å². The second-order valence-electron chi connectivity index (χ2n) is 8.07. The Morgan fingerprint density at radius 3 is 2.69 bits per heavy atom. The summed E-state index contributed by atoms with van der Waals surface area (Å²) in [6.45, 7) is 1.22. The van der Waals surface area contributed by atoms with Crippen LogP contribution < -0.4 is 4.74 Å². The zero-order valence-corrected chi connectivity index (χ0v) is 20.4. The lowest BCUT2D eigenvalue weighted by molar-refractivity contribution is -0.130. The van der Waals surface area contributed by atoms with E-state index in [1.165, 1.54) is 11.8 Å². The Labute approximate surface area is 207 Å².